The molecule has 0 fully saturated rings. The fraction of sp³-hybridized carbons (Fsp3) is 0.0435. The number of non-ortho nitro benzene ring substituents is 1. The number of alkyl halides is 3. The standard InChI is InChI=1S/C23H10F3N5O8/c24-23(25,26)16-6-11(30(35)36)2-3-12(16)13-8-19-15(7-18(13)31(37)38)20(29-39-19)21(32)28-17-4-1-10(9-27)5-14(17)22(33)34/h1-8H,(H,28,32)(H,33,34). The van der Waals surface area contributed by atoms with Crippen LogP contribution >= 0.6 is 0 Å². The first-order chi connectivity index (χ1) is 18.3. The van der Waals surface area contributed by atoms with Gasteiger partial charge in [0.15, 0.2) is 11.3 Å². The maximum atomic E-state index is 13.7. The number of nitriles is 1. The SMILES string of the molecule is N#Cc1ccc(NC(=O)c2noc3cc(-c4ccc([N+](=O)[O-])cc4C(F)(F)F)c([N+](=O)[O-])cc23)c(C(=O)O)c1. The van der Waals surface area contributed by atoms with Crippen molar-refractivity contribution >= 4 is 39.9 Å². The van der Waals surface area contributed by atoms with E-state index in [9.17, 15) is 48.1 Å². The van der Waals surface area contributed by atoms with Gasteiger partial charge in [-0.25, -0.2) is 4.79 Å². The molecule has 196 valence electrons. The molecule has 4 aromatic rings. The van der Waals surface area contributed by atoms with Crippen molar-refractivity contribution in [3.05, 3.63) is 91.1 Å². The zero-order chi connectivity index (χ0) is 28.6. The lowest BCUT2D eigenvalue weighted by molar-refractivity contribution is -0.385. The number of benzene rings is 3. The van der Waals surface area contributed by atoms with Gasteiger partial charge in [-0.1, -0.05) is 5.16 Å². The lowest BCUT2D eigenvalue weighted by atomic mass is 9.96. The number of amides is 1. The number of nitrogens with one attached hydrogen (secondary N) is 1. The summed E-state index contributed by atoms with van der Waals surface area (Å²) in [5.74, 6) is -2.55. The molecule has 0 aliphatic rings. The number of carboxylic acids is 1. The minimum atomic E-state index is -5.13. The Morgan fingerprint density at radius 3 is 2.33 bits per heavy atom. The van der Waals surface area contributed by atoms with Crippen LogP contribution in [0.2, 0.25) is 0 Å². The Labute approximate surface area is 213 Å². The van der Waals surface area contributed by atoms with E-state index >= 15 is 0 Å². The number of carbonyl (C=O) groups is 2. The van der Waals surface area contributed by atoms with Crippen LogP contribution in [0.5, 0.6) is 0 Å². The Morgan fingerprint density at radius 2 is 1.74 bits per heavy atom. The van der Waals surface area contributed by atoms with Crippen molar-refractivity contribution in [1.29, 1.82) is 5.26 Å². The molecular formula is C23H10F3N5O8. The molecule has 0 saturated carbocycles. The molecule has 0 saturated heterocycles. The van der Waals surface area contributed by atoms with Crippen LogP contribution in [0.3, 0.4) is 0 Å². The molecule has 0 aliphatic carbocycles. The van der Waals surface area contributed by atoms with E-state index in [-0.39, 0.29) is 28.3 Å². The molecule has 2 N–H and O–H groups in total. The summed E-state index contributed by atoms with van der Waals surface area (Å²) in [4.78, 5) is 45.1. The minimum absolute atomic E-state index is 0.00934. The summed E-state index contributed by atoms with van der Waals surface area (Å²) in [6.07, 6.45) is -5.13. The third kappa shape index (κ3) is 4.91. The number of hydrogen-bond acceptors (Lipinski definition) is 9. The van der Waals surface area contributed by atoms with Gasteiger partial charge in [0, 0.05) is 23.8 Å². The molecule has 0 bridgehead atoms. The summed E-state index contributed by atoms with van der Waals surface area (Å²) in [6.45, 7) is 0. The number of carboxylic acid groups (broad SMARTS) is 1. The van der Waals surface area contributed by atoms with E-state index in [1.807, 2.05) is 0 Å². The van der Waals surface area contributed by atoms with E-state index in [1.54, 1.807) is 6.07 Å². The third-order valence-electron chi connectivity index (χ3n) is 5.44. The zero-order valence-corrected chi connectivity index (χ0v) is 18.8. The fourth-order valence-corrected chi connectivity index (χ4v) is 3.70. The fourth-order valence-electron chi connectivity index (χ4n) is 3.70. The molecule has 4 rings (SSSR count). The molecule has 39 heavy (non-hydrogen) atoms. The van der Waals surface area contributed by atoms with E-state index in [2.05, 4.69) is 10.5 Å². The summed E-state index contributed by atoms with van der Waals surface area (Å²) in [6, 6.07) is 8.36. The van der Waals surface area contributed by atoms with Gasteiger partial charge in [-0.2, -0.15) is 18.4 Å². The van der Waals surface area contributed by atoms with Crippen LogP contribution in [0.15, 0.2) is 53.1 Å². The van der Waals surface area contributed by atoms with Gasteiger partial charge in [-0.15, -0.1) is 0 Å². The zero-order valence-electron chi connectivity index (χ0n) is 18.8. The van der Waals surface area contributed by atoms with Gasteiger partial charge in [0.2, 0.25) is 0 Å². The Morgan fingerprint density at radius 1 is 1.03 bits per heavy atom. The highest BCUT2D eigenvalue weighted by Crippen LogP contribution is 2.43. The average Bonchev–Trinajstić information content (AvgIpc) is 3.30. The van der Waals surface area contributed by atoms with Crippen molar-refractivity contribution in [1.82, 2.24) is 5.16 Å². The molecule has 1 heterocycles. The summed E-state index contributed by atoms with van der Waals surface area (Å²) < 4.78 is 46.2. The molecule has 1 amide bonds. The monoisotopic (exact) mass is 541 g/mol. The van der Waals surface area contributed by atoms with Crippen LogP contribution in [0.4, 0.5) is 30.2 Å². The molecule has 13 nitrogen and oxygen atoms in total. The number of anilines is 1. The smallest absolute Gasteiger partial charge is 0.417 e. The molecular weight excluding hydrogens is 531 g/mol. The number of nitro benzene ring substituents is 2. The van der Waals surface area contributed by atoms with Crippen molar-refractivity contribution in [3.63, 3.8) is 0 Å². The Balaban J connectivity index is 1.84. The number of aromatic nitrogens is 1. The van der Waals surface area contributed by atoms with E-state index in [0.717, 1.165) is 30.3 Å². The summed E-state index contributed by atoms with van der Waals surface area (Å²) in [5.41, 5.74) is -6.27. The van der Waals surface area contributed by atoms with Crippen LogP contribution in [-0.4, -0.2) is 32.0 Å². The van der Waals surface area contributed by atoms with Crippen LogP contribution in [0.1, 0.15) is 32.0 Å². The first kappa shape index (κ1) is 26.2. The number of nitrogens with zero attached hydrogens (tertiary/aromatic N) is 4. The summed E-state index contributed by atoms with van der Waals surface area (Å²) in [7, 11) is 0. The predicted octanol–water partition coefficient (Wildman–Crippen LogP) is 5.15. The molecule has 0 unspecified atom stereocenters. The lowest BCUT2D eigenvalue weighted by Gasteiger charge is -2.13. The second-order valence-electron chi connectivity index (χ2n) is 7.77. The maximum absolute atomic E-state index is 13.7. The molecule has 0 radical (unpaired) electrons. The van der Waals surface area contributed by atoms with Crippen LogP contribution in [-0.2, 0) is 6.18 Å². The van der Waals surface area contributed by atoms with Crippen LogP contribution in [0.25, 0.3) is 22.1 Å². The van der Waals surface area contributed by atoms with Crippen molar-refractivity contribution in [2.75, 3.05) is 5.32 Å². The van der Waals surface area contributed by atoms with Crippen molar-refractivity contribution in [3.8, 4) is 17.2 Å². The molecule has 0 atom stereocenters. The molecule has 0 spiro atoms. The summed E-state index contributed by atoms with van der Waals surface area (Å²) in [5, 5.41) is 46.6. The third-order valence-corrected chi connectivity index (χ3v) is 5.44. The predicted molar refractivity (Wildman–Crippen MR) is 124 cm³/mol. The van der Waals surface area contributed by atoms with Gasteiger partial charge in [0.25, 0.3) is 17.3 Å². The summed E-state index contributed by atoms with van der Waals surface area (Å²) >= 11 is 0. The second-order valence-corrected chi connectivity index (χ2v) is 7.77. The van der Waals surface area contributed by atoms with E-state index in [4.69, 9.17) is 9.78 Å². The van der Waals surface area contributed by atoms with E-state index in [1.165, 1.54) is 6.07 Å². The molecule has 0 aliphatic heterocycles. The normalized spacial score (nSPS) is 11.1. The first-order valence-corrected chi connectivity index (χ1v) is 10.3. The van der Waals surface area contributed by atoms with Gasteiger partial charge >= 0.3 is 12.1 Å². The lowest BCUT2D eigenvalue weighted by Crippen LogP contribution is -2.15. The number of nitro groups is 2. The number of hydrogen-bond donors (Lipinski definition) is 2. The van der Waals surface area contributed by atoms with Gasteiger partial charge in [-0.05, 0) is 30.3 Å². The van der Waals surface area contributed by atoms with E-state index in [0.29, 0.717) is 6.07 Å². The highest BCUT2D eigenvalue weighted by atomic mass is 19.4. The van der Waals surface area contributed by atoms with E-state index < -0.39 is 67.2 Å². The Hall–Kier alpha value is -5.85. The largest absolute Gasteiger partial charge is 0.478 e. The minimum Gasteiger partial charge on any atom is -0.478 e. The quantitative estimate of drug-likeness (QED) is 0.243. The molecule has 1 aromatic heterocycles. The van der Waals surface area contributed by atoms with Crippen LogP contribution in [0, 0.1) is 31.6 Å². The van der Waals surface area contributed by atoms with Crippen molar-refractivity contribution in [2.24, 2.45) is 0 Å². The topological polar surface area (TPSA) is 202 Å². The average molecular weight is 541 g/mol. The Kier molecular flexibility index (Phi) is 6.42. The van der Waals surface area contributed by atoms with Gasteiger partial charge in [-0.3, -0.25) is 25.0 Å². The first-order valence-electron chi connectivity index (χ1n) is 10.3. The van der Waals surface area contributed by atoms with Crippen LogP contribution < -0.4 is 5.32 Å². The van der Waals surface area contributed by atoms with Gasteiger partial charge in [0.05, 0.1) is 49.2 Å². The highest BCUT2D eigenvalue weighted by Gasteiger charge is 2.37. The number of fused-ring (bicyclic) bond motifs is 1. The number of rotatable bonds is 6. The Bertz CT molecular complexity index is 1760. The van der Waals surface area contributed by atoms with Gasteiger partial charge < -0.3 is 14.9 Å². The second kappa shape index (κ2) is 9.55. The van der Waals surface area contributed by atoms with Gasteiger partial charge in [0.1, 0.15) is 0 Å². The van der Waals surface area contributed by atoms with Crippen molar-refractivity contribution in [2.45, 2.75) is 6.18 Å². The number of aromatic carboxylic acids is 1. The molecule has 3 aromatic carbocycles. The number of halogens is 3. The maximum Gasteiger partial charge on any atom is 0.417 e. The van der Waals surface area contributed by atoms with Crippen molar-refractivity contribution < 1.29 is 42.2 Å². The molecule has 16 heteroatoms. The highest BCUT2D eigenvalue weighted by molar-refractivity contribution is 6.13. The number of carbonyl (C=O) groups excluding carboxylic acids is 1.